The number of nitrogens with one attached hydrogen (secondary N) is 3. The quantitative estimate of drug-likeness (QED) is 0.717. The Balaban J connectivity index is 1.50. The van der Waals surface area contributed by atoms with Gasteiger partial charge in [-0.2, -0.15) is 0 Å². The minimum absolute atomic E-state index is 0.112. The summed E-state index contributed by atoms with van der Waals surface area (Å²) in [7, 11) is 0. The van der Waals surface area contributed by atoms with Crippen LogP contribution in [-0.4, -0.2) is 53.3 Å². The molecule has 1 aromatic heterocycles. The number of hydrogen-bond donors (Lipinski definition) is 3. The number of carbonyl (C=O) groups excluding carboxylic acids is 3. The van der Waals surface area contributed by atoms with Gasteiger partial charge in [0.25, 0.3) is 5.91 Å². The van der Waals surface area contributed by atoms with Crippen molar-refractivity contribution in [1.29, 1.82) is 0 Å². The van der Waals surface area contributed by atoms with E-state index in [1.807, 2.05) is 30.3 Å². The lowest BCUT2D eigenvalue weighted by Gasteiger charge is -2.49. The maximum absolute atomic E-state index is 13.3. The minimum Gasteiger partial charge on any atom is -0.357 e. The lowest BCUT2D eigenvalue weighted by atomic mass is 9.73. The first-order valence-electron chi connectivity index (χ1n) is 10.1. The Labute approximate surface area is 169 Å². The maximum atomic E-state index is 13.3. The Bertz CT molecular complexity index is 873. The third-order valence-corrected chi connectivity index (χ3v) is 5.81. The highest BCUT2D eigenvalue weighted by atomic mass is 16.2. The molecule has 2 saturated heterocycles. The number of benzene rings is 1. The van der Waals surface area contributed by atoms with Crippen molar-refractivity contribution < 1.29 is 14.4 Å². The molecule has 2 aliphatic rings. The Hall–Kier alpha value is -3.09. The summed E-state index contributed by atoms with van der Waals surface area (Å²) in [5, 5.41) is 5.83. The molecule has 3 amide bonds. The number of likely N-dealkylation sites (tertiary alicyclic amines) is 1. The van der Waals surface area contributed by atoms with E-state index in [1.54, 1.807) is 23.2 Å². The van der Waals surface area contributed by atoms with Gasteiger partial charge in [0.1, 0.15) is 11.7 Å². The van der Waals surface area contributed by atoms with Crippen molar-refractivity contribution in [3.63, 3.8) is 0 Å². The van der Waals surface area contributed by atoms with E-state index in [0.29, 0.717) is 38.2 Å². The first-order chi connectivity index (χ1) is 14.1. The number of aromatic amines is 1. The standard InChI is InChI=1S/C22H26N4O3/c27-19-17(9-4-5-11-24-19)25-21(29)22(13-16-7-2-1-3-8-16)14-26(15-22)20(28)18-10-6-12-23-18/h1-3,6-8,10,12,17,23H,4-5,9,11,13-15H2,(H,24,27)(H,25,29). The van der Waals surface area contributed by atoms with Crippen LogP contribution in [0.5, 0.6) is 0 Å². The lowest BCUT2D eigenvalue weighted by molar-refractivity contribution is -0.142. The highest BCUT2D eigenvalue weighted by molar-refractivity contribution is 5.96. The van der Waals surface area contributed by atoms with Gasteiger partial charge in [0, 0.05) is 25.8 Å². The molecule has 0 spiro atoms. The topological polar surface area (TPSA) is 94.3 Å². The zero-order valence-electron chi connectivity index (χ0n) is 16.3. The van der Waals surface area contributed by atoms with E-state index in [0.717, 1.165) is 18.4 Å². The zero-order valence-corrected chi connectivity index (χ0v) is 16.3. The van der Waals surface area contributed by atoms with Crippen molar-refractivity contribution >= 4 is 17.7 Å². The predicted molar refractivity (Wildman–Crippen MR) is 108 cm³/mol. The highest BCUT2D eigenvalue weighted by Crippen LogP contribution is 2.36. The molecule has 0 aliphatic carbocycles. The summed E-state index contributed by atoms with van der Waals surface area (Å²) in [6.07, 6.45) is 4.70. The molecule has 7 nitrogen and oxygen atoms in total. The van der Waals surface area contributed by atoms with Crippen molar-refractivity contribution in [3.8, 4) is 0 Å². The van der Waals surface area contributed by atoms with Gasteiger partial charge in [-0.15, -0.1) is 0 Å². The van der Waals surface area contributed by atoms with Crippen LogP contribution in [0.15, 0.2) is 48.7 Å². The smallest absolute Gasteiger partial charge is 0.270 e. The van der Waals surface area contributed by atoms with Gasteiger partial charge in [0.05, 0.1) is 5.41 Å². The number of amides is 3. The number of rotatable bonds is 5. The summed E-state index contributed by atoms with van der Waals surface area (Å²) < 4.78 is 0. The molecular weight excluding hydrogens is 368 g/mol. The largest absolute Gasteiger partial charge is 0.357 e. The Kier molecular flexibility index (Phi) is 5.38. The van der Waals surface area contributed by atoms with E-state index in [2.05, 4.69) is 15.6 Å². The second kappa shape index (κ2) is 8.11. The summed E-state index contributed by atoms with van der Waals surface area (Å²) in [6, 6.07) is 12.8. The summed E-state index contributed by atoms with van der Waals surface area (Å²) in [4.78, 5) is 42.8. The summed E-state index contributed by atoms with van der Waals surface area (Å²) in [5.74, 6) is -0.387. The molecule has 1 unspecified atom stereocenters. The van der Waals surface area contributed by atoms with Gasteiger partial charge >= 0.3 is 0 Å². The zero-order chi connectivity index (χ0) is 20.3. The molecule has 0 saturated carbocycles. The Morgan fingerprint density at radius 3 is 2.62 bits per heavy atom. The summed E-state index contributed by atoms with van der Waals surface area (Å²) >= 11 is 0. The van der Waals surface area contributed by atoms with E-state index in [9.17, 15) is 14.4 Å². The molecule has 1 atom stereocenters. The molecule has 0 radical (unpaired) electrons. The second-order valence-corrected chi connectivity index (χ2v) is 8.00. The number of aromatic nitrogens is 1. The van der Waals surface area contributed by atoms with Crippen LogP contribution in [0.2, 0.25) is 0 Å². The van der Waals surface area contributed by atoms with Crippen molar-refractivity contribution in [3.05, 3.63) is 59.9 Å². The molecule has 3 heterocycles. The van der Waals surface area contributed by atoms with Gasteiger partial charge in [0.15, 0.2) is 0 Å². The van der Waals surface area contributed by atoms with E-state index < -0.39 is 11.5 Å². The van der Waals surface area contributed by atoms with Gasteiger partial charge < -0.3 is 20.5 Å². The van der Waals surface area contributed by atoms with Crippen LogP contribution in [0.3, 0.4) is 0 Å². The van der Waals surface area contributed by atoms with Crippen molar-refractivity contribution in [2.24, 2.45) is 5.41 Å². The van der Waals surface area contributed by atoms with Gasteiger partial charge in [-0.1, -0.05) is 30.3 Å². The van der Waals surface area contributed by atoms with Crippen molar-refractivity contribution in [1.82, 2.24) is 20.5 Å². The minimum atomic E-state index is -0.726. The third-order valence-electron chi connectivity index (χ3n) is 5.81. The van der Waals surface area contributed by atoms with Crippen LogP contribution in [0, 0.1) is 5.41 Å². The molecule has 4 rings (SSSR count). The maximum Gasteiger partial charge on any atom is 0.270 e. The van der Waals surface area contributed by atoms with E-state index in [-0.39, 0.29) is 17.7 Å². The highest BCUT2D eigenvalue weighted by Gasteiger charge is 2.51. The number of nitrogens with zero attached hydrogens (tertiary/aromatic N) is 1. The van der Waals surface area contributed by atoms with Crippen LogP contribution in [0.25, 0.3) is 0 Å². The van der Waals surface area contributed by atoms with Crippen LogP contribution >= 0.6 is 0 Å². The molecule has 2 aromatic rings. The van der Waals surface area contributed by atoms with E-state index in [4.69, 9.17) is 0 Å². The Morgan fingerprint density at radius 1 is 1.10 bits per heavy atom. The van der Waals surface area contributed by atoms with Crippen LogP contribution < -0.4 is 10.6 Å². The molecule has 7 heteroatoms. The average Bonchev–Trinajstić information content (AvgIpc) is 3.16. The van der Waals surface area contributed by atoms with E-state index in [1.165, 1.54) is 0 Å². The van der Waals surface area contributed by atoms with Gasteiger partial charge in [-0.3, -0.25) is 14.4 Å². The Morgan fingerprint density at radius 2 is 1.90 bits per heavy atom. The van der Waals surface area contributed by atoms with Crippen LogP contribution in [0.1, 0.15) is 35.3 Å². The third kappa shape index (κ3) is 4.04. The van der Waals surface area contributed by atoms with Gasteiger partial charge in [0.2, 0.25) is 11.8 Å². The molecule has 0 bridgehead atoms. The number of H-pyrrole nitrogens is 1. The molecule has 152 valence electrons. The SMILES string of the molecule is O=C1NCCCCC1NC(=O)C1(Cc2ccccc2)CN(C(=O)c2ccc[nH]2)C1. The average molecular weight is 394 g/mol. The van der Waals surface area contributed by atoms with E-state index >= 15 is 0 Å². The first kappa shape index (κ1) is 19.2. The number of carbonyl (C=O) groups is 3. The number of hydrogen-bond acceptors (Lipinski definition) is 3. The molecular formula is C22H26N4O3. The molecule has 1 aromatic carbocycles. The van der Waals surface area contributed by atoms with Crippen LogP contribution in [-0.2, 0) is 16.0 Å². The predicted octanol–water partition coefficient (Wildman–Crippen LogP) is 1.48. The lowest BCUT2D eigenvalue weighted by Crippen LogP contribution is -2.67. The van der Waals surface area contributed by atoms with Gasteiger partial charge in [-0.25, -0.2) is 0 Å². The van der Waals surface area contributed by atoms with Crippen molar-refractivity contribution in [2.75, 3.05) is 19.6 Å². The van der Waals surface area contributed by atoms with Crippen LogP contribution in [0.4, 0.5) is 0 Å². The molecule has 3 N–H and O–H groups in total. The van der Waals surface area contributed by atoms with Gasteiger partial charge in [-0.05, 0) is 43.4 Å². The second-order valence-electron chi connectivity index (χ2n) is 8.00. The fraction of sp³-hybridized carbons (Fsp3) is 0.409. The fourth-order valence-electron chi connectivity index (χ4n) is 4.17. The monoisotopic (exact) mass is 394 g/mol. The molecule has 29 heavy (non-hydrogen) atoms. The fourth-order valence-corrected chi connectivity index (χ4v) is 4.17. The molecule has 2 fully saturated rings. The molecule has 2 aliphatic heterocycles. The summed E-state index contributed by atoms with van der Waals surface area (Å²) in [5.41, 5.74) is 0.831. The first-order valence-corrected chi connectivity index (χ1v) is 10.1. The normalized spacial score (nSPS) is 20.9. The van der Waals surface area contributed by atoms with Crippen molar-refractivity contribution in [2.45, 2.75) is 31.7 Å². The summed E-state index contributed by atoms with van der Waals surface area (Å²) in [6.45, 7) is 1.32.